The molecule has 1 unspecified atom stereocenters. The molecular weight excluding hydrogens is 282 g/mol. The maximum Gasteiger partial charge on any atom is 0.150 e. The van der Waals surface area contributed by atoms with Crippen LogP contribution in [0.3, 0.4) is 0 Å². The van der Waals surface area contributed by atoms with Crippen molar-refractivity contribution >= 4 is 28.1 Å². The summed E-state index contributed by atoms with van der Waals surface area (Å²) in [5, 5.41) is 2.44. The lowest BCUT2D eigenvalue weighted by Gasteiger charge is -2.17. The van der Waals surface area contributed by atoms with Crippen LogP contribution in [-0.2, 0) is 6.54 Å². The van der Waals surface area contributed by atoms with Crippen LogP contribution in [-0.4, -0.2) is 10.9 Å². The van der Waals surface area contributed by atoms with E-state index in [0.717, 1.165) is 18.4 Å². The van der Waals surface area contributed by atoms with Gasteiger partial charge in [0, 0.05) is 33.9 Å². The minimum absolute atomic E-state index is 0.708. The number of rotatable bonds is 7. The number of unbranched alkanes of at least 4 members (excludes halogenated alkanes) is 1. The predicted molar refractivity (Wildman–Crippen MR) is 98.1 cm³/mol. The normalized spacial score (nSPS) is 12.8. The number of para-hydroxylation sites is 1. The molecule has 1 aromatic heterocycles. The van der Waals surface area contributed by atoms with E-state index in [1.54, 1.807) is 0 Å². The Hall–Kier alpha value is -2.09. The van der Waals surface area contributed by atoms with Gasteiger partial charge in [-0.2, -0.15) is 0 Å². The van der Waals surface area contributed by atoms with Gasteiger partial charge >= 0.3 is 0 Å². The largest absolute Gasteiger partial charge is 0.340 e. The van der Waals surface area contributed by atoms with E-state index < -0.39 is 0 Å². The summed E-state index contributed by atoms with van der Waals surface area (Å²) in [6.07, 6.45) is 5.98. The van der Waals surface area contributed by atoms with E-state index in [1.165, 1.54) is 47.5 Å². The fraction of sp³-hybridized carbons (Fsp3) is 0.381. The summed E-state index contributed by atoms with van der Waals surface area (Å²) in [4.78, 5) is 11.1. The van der Waals surface area contributed by atoms with Crippen molar-refractivity contribution in [2.45, 2.75) is 46.1 Å². The first-order chi connectivity index (χ1) is 11.3. The molecule has 0 N–H and O–H groups in total. The lowest BCUT2D eigenvalue weighted by Crippen LogP contribution is -2.10. The summed E-state index contributed by atoms with van der Waals surface area (Å²) in [5.41, 5.74) is 3.27. The van der Waals surface area contributed by atoms with Gasteiger partial charge in [0.05, 0.1) is 0 Å². The number of hydrogen-bond acceptors (Lipinski definition) is 1. The molecule has 0 amide bonds. The van der Waals surface area contributed by atoms with Gasteiger partial charge in [-0.05, 0) is 36.6 Å². The van der Waals surface area contributed by atoms with Gasteiger partial charge in [0.15, 0.2) is 0 Å². The quantitative estimate of drug-likeness (QED) is 0.504. The summed E-state index contributed by atoms with van der Waals surface area (Å²) in [7, 11) is 0. The van der Waals surface area contributed by atoms with E-state index in [-0.39, 0.29) is 0 Å². The van der Waals surface area contributed by atoms with Crippen molar-refractivity contribution in [2.24, 2.45) is 5.92 Å². The second-order valence-corrected chi connectivity index (χ2v) is 6.44. The van der Waals surface area contributed by atoms with Crippen molar-refractivity contribution in [3.05, 3.63) is 48.0 Å². The Balaban J connectivity index is 2.11. The number of carbonyl (C=O) groups is 1. The van der Waals surface area contributed by atoms with Crippen LogP contribution in [0.4, 0.5) is 0 Å². The molecule has 0 spiro atoms. The lowest BCUT2D eigenvalue weighted by atomic mass is 9.99. The number of aromatic nitrogens is 1. The zero-order valence-electron chi connectivity index (χ0n) is 14.1. The van der Waals surface area contributed by atoms with Crippen LogP contribution in [0.5, 0.6) is 0 Å². The molecule has 120 valence electrons. The third-order valence-corrected chi connectivity index (χ3v) is 4.92. The highest BCUT2D eigenvalue weighted by atomic mass is 16.1. The number of benzene rings is 2. The highest BCUT2D eigenvalue weighted by Gasteiger charge is 2.14. The Morgan fingerprint density at radius 3 is 2.57 bits per heavy atom. The fourth-order valence-corrected chi connectivity index (χ4v) is 3.52. The first-order valence-corrected chi connectivity index (χ1v) is 8.74. The van der Waals surface area contributed by atoms with Gasteiger partial charge in [-0.1, -0.05) is 51.3 Å². The molecular formula is C21H25NO. The average Bonchev–Trinajstić information content (AvgIpc) is 2.91. The summed E-state index contributed by atoms with van der Waals surface area (Å²) in [6, 6.07) is 14.6. The topological polar surface area (TPSA) is 22.0 Å². The van der Waals surface area contributed by atoms with Crippen LogP contribution in [0.1, 0.15) is 49.9 Å². The molecule has 0 saturated heterocycles. The molecule has 0 aliphatic carbocycles. The number of carbonyl (C=O) groups excluding carboxylic acids is 1. The molecule has 0 aliphatic heterocycles. The fourth-order valence-electron chi connectivity index (χ4n) is 3.52. The first-order valence-electron chi connectivity index (χ1n) is 8.74. The Morgan fingerprint density at radius 1 is 1.04 bits per heavy atom. The molecule has 2 nitrogen and oxygen atoms in total. The van der Waals surface area contributed by atoms with Gasteiger partial charge in [-0.15, -0.1) is 0 Å². The number of hydrogen-bond donors (Lipinski definition) is 0. The molecule has 0 aliphatic rings. The van der Waals surface area contributed by atoms with Crippen molar-refractivity contribution < 1.29 is 4.79 Å². The lowest BCUT2D eigenvalue weighted by molar-refractivity contribution is 0.112. The van der Waals surface area contributed by atoms with Crippen LogP contribution in [0, 0.1) is 5.92 Å². The molecule has 3 aromatic rings. The van der Waals surface area contributed by atoms with E-state index in [9.17, 15) is 4.79 Å². The molecule has 0 radical (unpaired) electrons. The maximum atomic E-state index is 11.1. The molecule has 0 fully saturated rings. The van der Waals surface area contributed by atoms with Crippen molar-refractivity contribution in [2.75, 3.05) is 0 Å². The monoisotopic (exact) mass is 307 g/mol. The molecule has 1 atom stereocenters. The highest BCUT2D eigenvalue weighted by Crippen LogP contribution is 2.31. The average molecular weight is 307 g/mol. The first kappa shape index (κ1) is 15.8. The second-order valence-electron chi connectivity index (χ2n) is 6.44. The van der Waals surface area contributed by atoms with Gasteiger partial charge in [-0.3, -0.25) is 4.79 Å². The maximum absolute atomic E-state index is 11.1. The molecule has 2 aromatic carbocycles. The van der Waals surface area contributed by atoms with Crippen molar-refractivity contribution in [1.82, 2.24) is 4.57 Å². The third kappa shape index (κ3) is 3.03. The van der Waals surface area contributed by atoms with Gasteiger partial charge in [-0.25, -0.2) is 0 Å². The van der Waals surface area contributed by atoms with Gasteiger partial charge in [0.2, 0.25) is 0 Å². The van der Waals surface area contributed by atoms with Crippen LogP contribution < -0.4 is 0 Å². The van der Waals surface area contributed by atoms with Crippen LogP contribution in [0.25, 0.3) is 21.8 Å². The van der Waals surface area contributed by atoms with Gasteiger partial charge < -0.3 is 4.57 Å². The summed E-state index contributed by atoms with van der Waals surface area (Å²) >= 11 is 0. The summed E-state index contributed by atoms with van der Waals surface area (Å²) in [5.74, 6) is 0.708. The van der Waals surface area contributed by atoms with Crippen LogP contribution >= 0.6 is 0 Å². The standard InChI is InChI=1S/C21H25NO/c1-3-5-8-16(4-2)14-22-20-10-7-6-9-18(20)19-13-17(15-23)11-12-21(19)22/h6-7,9-13,15-16H,3-5,8,14H2,1-2H3. The van der Waals surface area contributed by atoms with E-state index >= 15 is 0 Å². The second kappa shape index (κ2) is 6.99. The Morgan fingerprint density at radius 2 is 1.83 bits per heavy atom. The summed E-state index contributed by atoms with van der Waals surface area (Å²) < 4.78 is 2.45. The van der Waals surface area contributed by atoms with Gasteiger partial charge in [0.1, 0.15) is 6.29 Å². The SMILES string of the molecule is CCCCC(CC)Cn1c2ccccc2c2cc(C=O)ccc21. The van der Waals surface area contributed by atoms with Crippen molar-refractivity contribution in [3.63, 3.8) is 0 Å². The van der Waals surface area contributed by atoms with E-state index in [2.05, 4.69) is 48.7 Å². The Labute approximate surface area is 138 Å². The number of aldehydes is 1. The zero-order valence-corrected chi connectivity index (χ0v) is 14.1. The molecule has 0 saturated carbocycles. The predicted octanol–water partition coefficient (Wildman–Crippen LogP) is 5.82. The van der Waals surface area contributed by atoms with E-state index in [1.807, 2.05) is 12.1 Å². The van der Waals surface area contributed by atoms with E-state index in [4.69, 9.17) is 0 Å². The van der Waals surface area contributed by atoms with Crippen LogP contribution in [0.2, 0.25) is 0 Å². The third-order valence-electron chi connectivity index (χ3n) is 4.92. The van der Waals surface area contributed by atoms with Crippen molar-refractivity contribution in [1.29, 1.82) is 0 Å². The smallest absolute Gasteiger partial charge is 0.150 e. The number of nitrogens with zero attached hydrogens (tertiary/aromatic N) is 1. The molecule has 2 heteroatoms. The van der Waals surface area contributed by atoms with E-state index in [0.29, 0.717) is 5.92 Å². The Kier molecular flexibility index (Phi) is 4.80. The van der Waals surface area contributed by atoms with Crippen molar-refractivity contribution in [3.8, 4) is 0 Å². The van der Waals surface area contributed by atoms with Gasteiger partial charge in [0.25, 0.3) is 0 Å². The molecule has 3 rings (SSSR count). The minimum atomic E-state index is 0.708. The number of fused-ring (bicyclic) bond motifs is 3. The minimum Gasteiger partial charge on any atom is -0.340 e. The Bertz CT molecular complexity index is 815. The molecule has 23 heavy (non-hydrogen) atoms. The van der Waals surface area contributed by atoms with Crippen LogP contribution in [0.15, 0.2) is 42.5 Å². The molecule has 0 bridgehead atoms. The molecule has 1 heterocycles. The zero-order chi connectivity index (χ0) is 16.2. The highest BCUT2D eigenvalue weighted by molar-refractivity contribution is 6.09. The summed E-state index contributed by atoms with van der Waals surface area (Å²) in [6.45, 7) is 5.60.